The van der Waals surface area contributed by atoms with E-state index in [1.807, 2.05) is 25.1 Å². The molecule has 0 aliphatic carbocycles. The number of amides is 1. The highest BCUT2D eigenvalue weighted by molar-refractivity contribution is 7.89. The Morgan fingerprint density at radius 2 is 1.82 bits per heavy atom. The van der Waals surface area contributed by atoms with E-state index in [4.69, 9.17) is 0 Å². The van der Waals surface area contributed by atoms with Crippen molar-refractivity contribution in [1.82, 2.24) is 14.7 Å². The van der Waals surface area contributed by atoms with Gasteiger partial charge < -0.3 is 0 Å². The zero-order valence-corrected chi connectivity index (χ0v) is 17.3. The van der Waals surface area contributed by atoms with E-state index >= 15 is 0 Å². The SMILES string of the molecule is Cc1nc(NC(=O)c2ccc(S(=O)(=O)NC(C)C)cc2)sc1-c1ccccn1. The average Bonchev–Trinajstić information content (AvgIpc) is 3.01. The lowest BCUT2D eigenvalue weighted by atomic mass is 10.2. The third-order valence-electron chi connectivity index (χ3n) is 3.73. The van der Waals surface area contributed by atoms with Gasteiger partial charge in [-0.15, -0.1) is 0 Å². The summed E-state index contributed by atoms with van der Waals surface area (Å²) >= 11 is 1.34. The summed E-state index contributed by atoms with van der Waals surface area (Å²) in [4.78, 5) is 22.2. The van der Waals surface area contributed by atoms with Gasteiger partial charge in [0.15, 0.2) is 5.13 Å². The van der Waals surface area contributed by atoms with Crippen LogP contribution in [0, 0.1) is 6.92 Å². The van der Waals surface area contributed by atoms with Gasteiger partial charge in [-0.2, -0.15) is 0 Å². The zero-order chi connectivity index (χ0) is 20.3. The van der Waals surface area contributed by atoms with E-state index in [0.29, 0.717) is 10.7 Å². The maximum atomic E-state index is 12.5. The molecular weight excluding hydrogens is 396 g/mol. The Morgan fingerprint density at radius 3 is 2.43 bits per heavy atom. The fraction of sp³-hybridized carbons (Fsp3) is 0.211. The van der Waals surface area contributed by atoms with Crippen molar-refractivity contribution >= 4 is 32.4 Å². The standard InChI is InChI=1S/C19H20N4O3S2/c1-12(2)23-28(25,26)15-9-7-14(8-10-15)18(24)22-19-21-13(3)17(27-19)16-6-4-5-11-20-16/h4-12,23H,1-3H3,(H,21,22,24). The van der Waals surface area contributed by atoms with Crippen LogP contribution in [-0.4, -0.2) is 30.3 Å². The maximum Gasteiger partial charge on any atom is 0.257 e. The minimum Gasteiger partial charge on any atom is -0.298 e. The molecule has 3 rings (SSSR count). The topological polar surface area (TPSA) is 101 Å². The van der Waals surface area contributed by atoms with Gasteiger partial charge in [-0.3, -0.25) is 15.1 Å². The first-order chi connectivity index (χ1) is 13.3. The van der Waals surface area contributed by atoms with Crippen LogP contribution in [0.2, 0.25) is 0 Å². The monoisotopic (exact) mass is 416 g/mol. The van der Waals surface area contributed by atoms with Crippen LogP contribution in [0.25, 0.3) is 10.6 Å². The Labute approximate surface area is 167 Å². The van der Waals surface area contributed by atoms with Crippen LogP contribution in [0.3, 0.4) is 0 Å². The van der Waals surface area contributed by atoms with Crippen molar-refractivity contribution in [2.24, 2.45) is 0 Å². The van der Waals surface area contributed by atoms with E-state index in [0.717, 1.165) is 16.3 Å². The minimum absolute atomic E-state index is 0.111. The molecule has 146 valence electrons. The van der Waals surface area contributed by atoms with Crippen molar-refractivity contribution in [3.05, 3.63) is 59.9 Å². The van der Waals surface area contributed by atoms with Crippen molar-refractivity contribution in [2.75, 3.05) is 5.32 Å². The molecule has 0 aliphatic rings. The Hall–Kier alpha value is -2.62. The molecule has 0 radical (unpaired) electrons. The molecule has 0 aliphatic heterocycles. The number of thiazole rings is 1. The molecule has 0 saturated heterocycles. The maximum absolute atomic E-state index is 12.5. The molecule has 0 saturated carbocycles. The molecule has 9 heteroatoms. The van der Waals surface area contributed by atoms with Gasteiger partial charge in [0.25, 0.3) is 5.91 Å². The van der Waals surface area contributed by atoms with Crippen LogP contribution in [0.4, 0.5) is 5.13 Å². The molecule has 0 spiro atoms. The molecule has 0 atom stereocenters. The first-order valence-electron chi connectivity index (χ1n) is 8.59. The van der Waals surface area contributed by atoms with Crippen molar-refractivity contribution < 1.29 is 13.2 Å². The predicted octanol–water partition coefficient (Wildman–Crippen LogP) is 3.45. The second kappa shape index (κ2) is 8.17. The summed E-state index contributed by atoms with van der Waals surface area (Å²) in [7, 11) is -3.59. The number of carbonyl (C=O) groups is 1. The number of nitrogens with one attached hydrogen (secondary N) is 2. The summed E-state index contributed by atoms with van der Waals surface area (Å²) in [5.41, 5.74) is 1.92. The van der Waals surface area contributed by atoms with Gasteiger partial charge in [0.05, 0.1) is 21.2 Å². The van der Waals surface area contributed by atoms with Crippen molar-refractivity contribution in [3.63, 3.8) is 0 Å². The fourth-order valence-electron chi connectivity index (χ4n) is 2.52. The normalized spacial score (nSPS) is 11.6. The van der Waals surface area contributed by atoms with E-state index in [2.05, 4.69) is 20.0 Å². The number of pyridine rings is 1. The molecule has 28 heavy (non-hydrogen) atoms. The van der Waals surface area contributed by atoms with E-state index in [1.54, 1.807) is 20.0 Å². The van der Waals surface area contributed by atoms with E-state index < -0.39 is 10.0 Å². The van der Waals surface area contributed by atoms with Gasteiger partial charge >= 0.3 is 0 Å². The summed E-state index contributed by atoms with van der Waals surface area (Å²) in [6.45, 7) is 5.35. The number of benzene rings is 1. The van der Waals surface area contributed by atoms with Gasteiger partial charge in [0, 0.05) is 17.8 Å². The lowest BCUT2D eigenvalue weighted by Gasteiger charge is -2.10. The largest absolute Gasteiger partial charge is 0.298 e. The Balaban J connectivity index is 1.75. The molecule has 0 fully saturated rings. The van der Waals surface area contributed by atoms with Crippen LogP contribution >= 0.6 is 11.3 Å². The molecule has 1 amide bonds. The van der Waals surface area contributed by atoms with E-state index in [1.165, 1.54) is 35.6 Å². The number of aryl methyl sites for hydroxylation is 1. The molecule has 0 bridgehead atoms. The molecule has 1 aromatic carbocycles. The lowest BCUT2D eigenvalue weighted by molar-refractivity contribution is 0.102. The smallest absolute Gasteiger partial charge is 0.257 e. The van der Waals surface area contributed by atoms with Crippen molar-refractivity contribution in [2.45, 2.75) is 31.7 Å². The number of hydrogen-bond donors (Lipinski definition) is 2. The summed E-state index contributed by atoms with van der Waals surface area (Å²) < 4.78 is 26.8. The second-order valence-electron chi connectivity index (χ2n) is 6.40. The molecule has 2 aromatic heterocycles. The number of sulfonamides is 1. The number of rotatable bonds is 6. The number of hydrogen-bond acceptors (Lipinski definition) is 6. The number of carbonyl (C=O) groups excluding carboxylic acids is 1. The van der Waals surface area contributed by atoms with Crippen LogP contribution in [0.15, 0.2) is 53.6 Å². The Morgan fingerprint density at radius 1 is 1.11 bits per heavy atom. The van der Waals surface area contributed by atoms with Crippen molar-refractivity contribution in [3.8, 4) is 10.6 Å². The van der Waals surface area contributed by atoms with Gasteiger partial charge in [0.1, 0.15) is 0 Å². The number of aromatic nitrogens is 2. The second-order valence-corrected chi connectivity index (χ2v) is 9.12. The molecular formula is C19H20N4O3S2. The average molecular weight is 417 g/mol. The van der Waals surface area contributed by atoms with E-state index in [9.17, 15) is 13.2 Å². The molecule has 2 heterocycles. The minimum atomic E-state index is -3.59. The fourth-order valence-corrected chi connectivity index (χ4v) is 4.71. The summed E-state index contributed by atoms with van der Waals surface area (Å²) in [5, 5.41) is 3.21. The number of anilines is 1. The van der Waals surface area contributed by atoms with Crippen LogP contribution in [-0.2, 0) is 10.0 Å². The number of nitrogens with zero attached hydrogens (tertiary/aromatic N) is 2. The molecule has 3 aromatic rings. The van der Waals surface area contributed by atoms with Gasteiger partial charge in [-0.05, 0) is 57.2 Å². The quantitative estimate of drug-likeness (QED) is 0.641. The Bertz CT molecular complexity index is 1080. The highest BCUT2D eigenvalue weighted by Crippen LogP contribution is 2.31. The highest BCUT2D eigenvalue weighted by atomic mass is 32.2. The van der Waals surface area contributed by atoms with Crippen LogP contribution in [0.5, 0.6) is 0 Å². The highest BCUT2D eigenvalue weighted by Gasteiger charge is 2.17. The van der Waals surface area contributed by atoms with Crippen LogP contribution < -0.4 is 10.0 Å². The summed E-state index contributed by atoms with van der Waals surface area (Å²) in [6, 6.07) is 11.2. The van der Waals surface area contributed by atoms with Gasteiger partial charge in [-0.1, -0.05) is 17.4 Å². The van der Waals surface area contributed by atoms with E-state index in [-0.39, 0.29) is 16.8 Å². The molecule has 0 unspecified atom stereocenters. The third-order valence-corrected chi connectivity index (χ3v) is 6.50. The summed E-state index contributed by atoms with van der Waals surface area (Å²) in [5.74, 6) is -0.359. The van der Waals surface area contributed by atoms with Crippen molar-refractivity contribution in [1.29, 1.82) is 0 Å². The van der Waals surface area contributed by atoms with Crippen LogP contribution in [0.1, 0.15) is 29.9 Å². The van der Waals surface area contributed by atoms with Gasteiger partial charge in [-0.25, -0.2) is 18.1 Å². The molecule has 2 N–H and O–H groups in total. The first kappa shape index (κ1) is 20.1. The summed E-state index contributed by atoms with van der Waals surface area (Å²) in [6.07, 6.45) is 1.70. The zero-order valence-electron chi connectivity index (χ0n) is 15.6. The third kappa shape index (κ3) is 4.61. The first-order valence-corrected chi connectivity index (χ1v) is 10.9. The Kier molecular flexibility index (Phi) is 5.87. The molecule has 7 nitrogen and oxygen atoms in total. The lowest BCUT2D eigenvalue weighted by Crippen LogP contribution is -2.30. The van der Waals surface area contributed by atoms with Gasteiger partial charge in [0.2, 0.25) is 10.0 Å². The predicted molar refractivity (Wildman–Crippen MR) is 110 cm³/mol.